The molecule has 0 aliphatic carbocycles. The second-order valence-electron chi connectivity index (χ2n) is 9.78. The highest BCUT2D eigenvalue weighted by atomic mass is 19.4. The van der Waals surface area contributed by atoms with Gasteiger partial charge in [-0.25, -0.2) is 19.2 Å². The van der Waals surface area contributed by atoms with Gasteiger partial charge in [-0.05, 0) is 60.7 Å². The molecule has 0 N–H and O–H groups in total. The molecule has 10 nitrogen and oxygen atoms in total. The Morgan fingerprint density at radius 3 is 1.18 bits per heavy atom. The Bertz CT molecular complexity index is 1560. The summed E-state index contributed by atoms with van der Waals surface area (Å²) in [4.78, 5) is 47.4. The van der Waals surface area contributed by atoms with E-state index in [4.69, 9.17) is 28.4 Å². The van der Waals surface area contributed by atoms with E-state index in [-0.39, 0.29) is 49.1 Å². The molecule has 0 spiro atoms. The molecule has 0 saturated heterocycles. The third-order valence-electron chi connectivity index (χ3n) is 6.22. The van der Waals surface area contributed by atoms with E-state index in [1.165, 1.54) is 24.3 Å². The summed E-state index contributed by atoms with van der Waals surface area (Å²) in [7, 11) is 0. The number of benzene rings is 3. The fourth-order valence-corrected chi connectivity index (χ4v) is 3.95. The molecular formula is C34H28F6O10. The number of hydrogen-bond donors (Lipinski definition) is 0. The van der Waals surface area contributed by atoms with E-state index in [1.807, 2.05) is 0 Å². The van der Waals surface area contributed by atoms with Crippen LogP contribution in [0.5, 0.6) is 23.0 Å². The molecule has 0 fully saturated rings. The van der Waals surface area contributed by atoms with E-state index in [0.717, 1.165) is 36.4 Å². The van der Waals surface area contributed by atoms with Crippen LogP contribution in [0.15, 0.2) is 86.0 Å². The van der Waals surface area contributed by atoms with Gasteiger partial charge in [0.05, 0.1) is 37.6 Å². The van der Waals surface area contributed by atoms with Crippen molar-refractivity contribution in [2.45, 2.75) is 25.2 Å². The molecule has 0 aliphatic rings. The zero-order valence-electron chi connectivity index (χ0n) is 25.9. The Morgan fingerprint density at radius 2 is 0.880 bits per heavy atom. The van der Waals surface area contributed by atoms with Crippen molar-refractivity contribution in [2.24, 2.45) is 0 Å². The number of esters is 4. The van der Waals surface area contributed by atoms with Gasteiger partial charge in [0.15, 0.2) is 0 Å². The highest BCUT2D eigenvalue weighted by Gasteiger charge is 2.49. The first-order valence-corrected chi connectivity index (χ1v) is 14.4. The van der Waals surface area contributed by atoms with Crippen LogP contribution in [-0.4, -0.2) is 50.3 Å². The van der Waals surface area contributed by atoms with E-state index < -0.39 is 58.9 Å². The third-order valence-corrected chi connectivity index (χ3v) is 6.22. The Kier molecular flexibility index (Phi) is 13.6. The summed E-state index contributed by atoms with van der Waals surface area (Å²) < 4.78 is 115. The normalized spacial score (nSPS) is 11.2. The van der Waals surface area contributed by atoms with Crippen molar-refractivity contribution in [3.63, 3.8) is 0 Å². The van der Waals surface area contributed by atoms with Crippen molar-refractivity contribution in [3.05, 3.63) is 108 Å². The Morgan fingerprint density at radius 1 is 0.540 bits per heavy atom. The van der Waals surface area contributed by atoms with Crippen LogP contribution in [0.25, 0.3) is 0 Å². The number of halogens is 6. The summed E-state index contributed by atoms with van der Waals surface area (Å²) in [5.74, 6) is -6.59. The van der Waals surface area contributed by atoms with Crippen molar-refractivity contribution in [1.29, 1.82) is 0 Å². The van der Waals surface area contributed by atoms with Gasteiger partial charge in [0.2, 0.25) is 0 Å². The lowest BCUT2D eigenvalue weighted by Gasteiger charge is -2.21. The van der Waals surface area contributed by atoms with E-state index in [1.54, 1.807) is 0 Å². The van der Waals surface area contributed by atoms with Gasteiger partial charge in [0, 0.05) is 25.0 Å². The first kappa shape index (κ1) is 38.6. The van der Waals surface area contributed by atoms with Gasteiger partial charge in [-0.2, -0.15) is 26.3 Å². The Hall–Kier alpha value is -5.80. The fraction of sp³-hybridized carbons (Fsp3) is 0.235. The highest BCUT2D eigenvalue weighted by Crippen LogP contribution is 2.49. The fourth-order valence-electron chi connectivity index (χ4n) is 3.95. The summed E-state index contributed by atoms with van der Waals surface area (Å²) in [6.45, 7) is 6.77. The van der Waals surface area contributed by atoms with Gasteiger partial charge < -0.3 is 28.4 Å². The van der Waals surface area contributed by atoms with Crippen LogP contribution in [0.3, 0.4) is 0 Å². The molecule has 0 saturated carbocycles. The molecular weight excluding hydrogens is 682 g/mol. The molecule has 0 amide bonds. The number of alkyl halides is 6. The largest absolute Gasteiger partial charge is 0.493 e. The summed E-state index contributed by atoms with van der Waals surface area (Å²) in [5.41, 5.74) is -5.41. The summed E-state index contributed by atoms with van der Waals surface area (Å²) in [5, 5.41) is 0. The third kappa shape index (κ3) is 11.4. The van der Waals surface area contributed by atoms with E-state index in [9.17, 15) is 45.5 Å². The molecule has 0 unspecified atom stereocenters. The number of hydrogen-bond acceptors (Lipinski definition) is 10. The molecule has 266 valence electrons. The zero-order valence-corrected chi connectivity index (χ0v) is 25.9. The smallest absolute Gasteiger partial charge is 0.420 e. The number of ether oxygens (including phenoxy) is 6. The molecule has 50 heavy (non-hydrogen) atoms. The van der Waals surface area contributed by atoms with E-state index in [0.29, 0.717) is 25.0 Å². The quantitative estimate of drug-likeness (QED) is 0.0498. The monoisotopic (exact) mass is 710 g/mol. The van der Waals surface area contributed by atoms with Crippen LogP contribution in [0.1, 0.15) is 44.7 Å². The van der Waals surface area contributed by atoms with Gasteiger partial charge in [-0.3, -0.25) is 0 Å². The minimum absolute atomic E-state index is 0.0392. The minimum atomic E-state index is -5.72. The van der Waals surface area contributed by atoms with Crippen molar-refractivity contribution in [3.8, 4) is 23.0 Å². The lowest BCUT2D eigenvalue weighted by Crippen LogP contribution is -2.22. The van der Waals surface area contributed by atoms with Gasteiger partial charge in [-0.1, -0.05) is 13.2 Å². The number of rotatable bonds is 16. The first-order chi connectivity index (χ1) is 23.6. The topological polar surface area (TPSA) is 124 Å². The lowest BCUT2D eigenvalue weighted by molar-refractivity contribution is -0.163. The van der Waals surface area contributed by atoms with Crippen LogP contribution in [0.4, 0.5) is 26.3 Å². The maximum Gasteiger partial charge on any atom is 0.420 e. The molecule has 0 bridgehead atoms. The van der Waals surface area contributed by atoms with Crippen LogP contribution < -0.4 is 18.9 Å². The van der Waals surface area contributed by atoms with Crippen LogP contribution >= 0.6 is 0 Å². The molecule has 3 aromatic rings. The van der Waals surface area contributed by atoms with Crippen molar-refractivity contribution >= 4 is 23.9 Å². The molecule has 3 aromatic carbocycles. The maximum atomic E-state index is 14.2. The van der Waals surface area contributed by atoms with Gasteiger partial charge in [0.1, 0.15) is 34.1 Å². The second kappa shape index (κ2) is 17.6. The van der Waals surface area contributed by atoms with Crippen molar-refractivity contribution in [2.75, 3.05) is 26.4 Å². The Labute approximate surface area is 280 Å². The zero-order chi connectivity index (χ0) is 36.9. The van der Waals surface area contributed by atoms with Gasteiger partial charge >= 0.3 is 36.2 Å². The highest BCUT2D eigenvalue weighted by molar-refractivity contribution is 5.92. The molecule has 0 heterocycles. The van der Waals surface area contributed by atoms with E-state index >= 15 is 0 Å². The molecule has 16 heteroatoms. The van der Waals surface area contributed by atoms with E-state index in [2.05, 4.69) is 13.2 Å². The lowest BCUT2D eigenvalue weighted by atomic mass is 10.0. The average Bonchev–Trinajstić information content (AvgIpc) is 3.07. The summed E-state index contributed by atoms with van der Waals surface area (Å²) in [6, 6.07) is 10.4. The molecule has 0 atom stereocenters. The number of carbonyl (C=O) groups excluding carboxylic acids is 4. The van der Waals surface area contributed by atoms with Crippen molar-refractivity contribution < 1.29 is 73.9 Å². The maximum absolute atomic E-state index is 14.2. The second-order valence-corrected chi connectivity index (χ2v) is 9.78. The molecule has 0 radical (unpaired) electrons. The summed E-state index contributed by atoms with van der Waals surface area (Å²) in [6.07, 6.45) is -8.86. The standard InChI is InChI=1S/C34H28F6O10/c1-3-27(41)47-19-5-17-45-23-11-7-21(8-12-23)31(43)49-25-15-16-26(30(34(38,39)40)29(25)33(35,36)37)50-32(44)22-9-13-24(14-10-22)46-18-6-20-48-28(42)4-2/h3-4,7-16H,1-2,5-6,17-20H2. The first-order valence-electron chi connectivity index (χ1n) is 14.4. The summed E-state index contributed by atoms with van der Waals surface area (Å²) >= 11 is 0. The average molecular weight is 711 g/mol. The molecule has 3 rings (SSSR count). The SMILES string of the molecule is C=CC(=O)OCCCOc1ccc(C(=O)Oc2ccc(OC(=O)c3ccc(OCCCOC(=O)C=C)cc3)c(C(F)(F)F)c2C(F)(F)F)cc1. The van der Waals surface area contributed by atoms with Crippen LogP contribution in [0.2, 0.25) is 0 Å². The molecule has 0 aromatic heterocycles. The van der Waals surface area contributed by atoms with Gasteiger partial charge in [0.25, 0.3) is 0 Å². The van der Waals surface area contributed by atoms with Crippen LogP contribution in [0, 0.1) is 0 Å². The molecule has 0 aliphatic heterocycles. The predicted molar refractivity (Wildman–Crippen MR) is 162 cm³/mol. The predicted octanol–water partition coefficient (Wildman–Crippen LogP) is 7.16. The van der Waals surface area contributed by atoms with Crippen LogP contribution in [-0.2, 0) is 31.4 Å². The number of carbonyl (C=O) groups is 4. The Balaban J connectivity index is 1.74. The van der Waals surface area contributed by atoms with Gasteiger partial charge in [-0.15, -0.1) is 0 Å². The minimum Gasteiger partial charge on any atom is -0.493 e. The van der Waals surface area contributed by atoms with Crippen molar-refractivity contribution in [1.82, 2.24) is 0 Å².